The molecule has 1 N–H and O–H groups in total. The number of piperazine rings is 1. The lowest BCUT2D eigenvalue weighted by atomic mass is 10.2. The van der Waals surface area contributed by atoms with Crippen LogP contribution in [0.4, 0.5) is 0 Å². The van der Waals surface area contributed by atoms with Crippen molar-refractivity contribution < 1.29 is 4.74 Å². The Morgan fingerprint density at radius 2 is 2.50 bits per heavy atom. The standard InChI is InChI=1S/C9H13N4O/c1-14-8-2-3-12-9(13-8)7-6-10-4-5-11-7/h2-3,7,10H,4-6H2,1H3. The van der Waals surface area contributed by atoms with E-state index in [4.69, 9.17) is 4.74 Å². The molecule has 1 unspecified atom stereocenters. The predicted octanol–water partition coefficient (Wildman–Crippen LogP) is -0.266. The number of ether oxygens (including phenoxy) is 1. The molecule has 1 fully saturated rings. The molecule has 0 aromatic carbocycles. The Morgan fingerprint density at radius 1 is 1.57 bits per heavy atom. The van der Waals surface area contributed by atoms with Gasteiger partial charge in [-0.05, 0) is 0 Å². The maximum Gasteiger partial charge on any atom is 0.216 e. The van der Waals surface area contributed by atoms with Gasteiger partial charge >= 0.3 is 0 Å². The fourth-order valence-electron chi connectivity index (χ4n) is 1.41. The Bertz CT molecular complexity index is 299. The molecule has 5 nitrogen and oxygen atoms in total. The highest BCUT2D eigenvalue weighted by Crippen LogP contribution is 2.12. The third-order valence-corrected chi connectivity index (χ3v) is 2.13. The first-order valence-corrected chi connectivity index (χ1v) is 4.64. The topological polar surface area (TPSA) is 61.1 Å². The second-order valence-corrected chi connectivity index (χ2v) is 3.08. The summed E-state index contributed by atoms with van der Waals surface area (Å²) in [5.74, 6) is 1.33. The van der Waals surface area contributed by atoms with Crippen LogP contribution in [0.15, 0.2) is 12.3 Å². The van der Waals surface area contributed by atoms with Crippen LogP contribution in [0.25, 0.3) is 0 Å². The summed E-state index contributed by atoms with van der Waals surface area (Å²) in [6, 6.07) is 1.80. The van der Waals surface area contributed by atoms with Crippen LogP contribution in [0.2, 0.25) is 0 Å². The molecule has 2 rings (SSSR count). The highest BCUT2D eigenvalue weighted by Gasteiger charge is 2.18. The van der Waals surface area contributed by atoms with E-state index in [9.17, 15) is 0 Å². The van der Waals surface area contributed by atoms with Gasteiger partial charge in [-0.3, -0.25) is 0 Å². The van der Waals surface area contributed by atoms with E-state index >= 15 is 0 Å². The Balaban J connectivity index is 2.13. The Kier molecular flexibility index (Phi) is 2.90. The molecule has 0 saturated carbocycles. The normalized spacial score (nSPS) is 21.9. The molecule has 14 heavy (non-hydrogen) atoms. The summed E-state index contributed by atoms with van der Waals surface area (Å²) in [4.78, 5) is 8.43. The number of methoxy groups -OCH3 is 1. The van der Waals surface area contributed by atoms with Crippen molar-refractivity contribution in [3.63, 3.8) is 0 Å². The van der Waals surface area contributed by atoms with Gasteiger partial charge in [-0.25, -0.2) is 10.3 Å². The number of hydrogen-bond donors (Lipinski definition) is 1. The maximum absolute atomic E-state index is 5.03. The van der Waals surface area contributed by atoms with Crippen molar-refractivity contribution in [2.45, 2.75) is 6.04 Å². The minimum atomic E-state index is 0.0684. The summed E-state index contributed by atoms with van der Waals surface area (Å²) in [5.41, 5.74) is 0. The van der Waals surface area contributed by atoms with Crippen molar-refractivity contribution in [3.8, 4) is 5.88 Å². The van der Waals surface area contributed by atoms with Gasteiger partial charge in [-0.15, -0.1) is 0 Å². The van der Waals surface area contributed by atoms with Gasteiger partial charge in [0.25, 0.3) is 0 Å². The summed E-state index contributed by atoms with van der Waals surface area (Å²) >= 11 is 0. The maximum atomic E-state index is 5.03. The van der Waals surface area contributed by atoms with Gasteiger partial charge in [0.1, 0.15) is 0 Å². The van der Waals surface area contributed by atoms with E-state index in [0.29, 0.717) is 5.88 Å². The van der Waals surface area contributed by atoms with Crippen LogP contribution < -0.4 is 15.4 Å². The zero-order valence-electron chi connectivity index (χ0n) is 8.10. The van der Waals surface area contributed by atoms with E-state index in [0.717, 1.165) is 25.5 Å². The van der Waals surface area contributed by atoms with Gasteiger partial charge < -0.3 is 10.1 Å². The zero-order chi connectivity index (χ0) is 9.80. The Labute approximate surface area is 82.9 Å². The van der Waals surface area contributed by atoms with Crippen LogP contribution in [-0.2, 0) is 0 Å². The molecule has 1 aliphatic rings. The molecular weight excluding hydrogens is 180 g/mol. The van der Waals surface area contributed by atoms with Crippen molar-refractivity contribution >= 4 is 0 Å². The first-order valence-electron chi connectivity index (χ1n) is 4.64. The lowest BCUT2D eigenvalue weighted by molar-refractivity contribution is 0.376. The van der Waals surface area contributed by atoms with Gasteiger partial charge in [0.05, 0.1) is 13.2 Å². The summed E-state index contributed by atoms with van der Waals surface area (Å²) in [6.45, 7) is 2.58. The lowest BCUT2D eigenvalue weighted by Crippen LogP contribution is -2.39. The van der Waals surface area contributed by atoms with Gasteiger partial charge in [0.15, 0.2) is 5.82 Å². The third kappa shape index (κ3) is 2.00. The van der Waals surface area contributed by atoms with Crippen molar-refractivity contribution in [3.05, 3.63) is 18.1 Å². The third-order valence-electron chi connectivity index (χ3n) is 2.13. The van der Waals surface area contributed by atoms with Crippen molar-refractivity contribution in [1.29, 1.82) is 0 Å². The van der Waals surface area contributed by atoms with Crippen LogP contribution in [0.5, 0.6) is 5.88 Å². The molecule has 1 saturated heterocycles. The molecular formula is C9H13N4O. The van der Waals surface area contributed by atoms with Crippen molar-refractivity contribution in [2.75, 3.05) is 26.7 Å². The molecule has 1 aromatic heterocycles. The molecule has 0 spiro atoms. The fraction of sp³-hybridized carbons (Fsp3) is 0.556. The van der Waals surface area contributed by atoms with E-state index < -0.39 is 0 Å². The highest BCUT2D eigenvalue weighted by molar-refractivity contribution is 5.10. The lowest BCUT2D eigenvalue weighted by Gasteiger charge is -2.21. The van der Waals surface area contributed by atoms with Gasteiger partial charge in [0.2, 0.25) is 5.88 Å². The molecule has 0 aliphatic carbocycles. The Hall–Kier alpha value is -1.20. The first-order chi connectivity index (χ1) is 6.90. The largest absolute Gasteiger partial charge is 0.481 e. The fourth-order valence-corrected chi connectivity index (χ4v) is 1.41. The SMILES string of the molecule is COc1ccnc(C2CNCC[N]2)n1. The molecule has 1 aromatic rings. The second-order valence-electron chi connectivity index (χ2n) is 3.08. The molecule has 75 valence electrons. The van der Waals surface area contributed by atoms with Crippen LogP contribution in [0.3, 0.4) is 0 Å². The summed E-state index contributed by atoms with van der Waals surface area (Å²) in [7, 11) is 1.60. The summed E-state index contributed by atoms with van der Waals surface area (Å²) in [5, 5.41) is 7.69. The first kappa shape index (κ1) is 9.36. The second kappa shape index (κ2) is 4.34. The van der Waals surface area contributed by atoms with Gasteiger partial charge in [-0.2, -0.15) is 4.98 Å². The quantitative estimate of drug-likeness (QED) is 0.702. The monoisotopic (exact) mass is 193 g/mol. The molecule has 1 radical (unpaired) electrons. The number of aromatic nitrogens is 2. The summed E-state index contributed by atoms with van der Waals surface area (Å²) in [6.07, 6.45) is 1.70. The van der Waals surface area contributed by atoms with Crippen LogP contribution in [0.1, 0.15) is 11.9 Å². The van der Waals surface area contributed by atoms with Gasteiger partial charge in [0, 0.05) is 31.9 Å². The number of rotatable bonds is 2. The average Bonchev–Trinajstić information content (AvgIpc) is 2.30. The Morgan fingerprint density at radius 3 is 3.21 bits per heavy atom. The van der Waals surface area contributed by atoms with Crippen LogP contribution in [0, 0.1) is 0 Å². The average molecular weight is 193 g/mol. The molecule has 0 amide bonds. The molecule has 5 heteroatoms. The molecule has 0 bridgehead atoms. The minimum Gasteiger partial charge on any atom is -0.481 e. The van der Waals surface area contributed by atoms with E-state index in [-0.39, 0.29) is 6.04 Å². The number of hydrogen-bond acceptors (Lipinski definition) is 4. The molecule has 1 aliphatic heterocycles. The number of nitrogens with one attached hydrogen (secondary N) is 1. The predicted molar refractivity (Wildman–Crippen MR) is 51.2 cm³/mol. The molecule has 2 heterocycles. The van der Waals surface area contributed by atoms with Crippen molar-refractivity contribution in [1.82, 2.24) is 20.6 Å². The smallest absolute Gasteiger partial charge is 0.216 e. The van der Waals surface area contributed by atoms with E-state index in [1.165, 1.54) is 0 Å². The zero-order valence-corrected chi connectivity index (χ0v) is 8.10. The van der Waals surface area contributed by atoms with E-state index in [1.807, 2.05) is 0 Å². The number of nitrogens with zero attached hydrogens (tertiary/aromatic N) is 3. The summed E-state index contributed by atoms with van der Waals surface area (Å²) < 4.78 is 5.03. The van der Waals surface area contributed by atoms with Crippen LogP contribution in [-0.4, -0.2) is 36.7 Å². The van der Waals surface area contributed by atoms with E-state index in [2.05, 4.69) is 20.6 Å². The highest BCUT2D eigenvalue weighted by atomic mass is 16.5. The van der Waals surface area contributed by atoms with Crippen molar-refractivity contribution in [2.24, 2.45) is 0 Å². The van der Waals surface area contributed by atoms with Gasteiger partial charge in [-0.1, -0.05) is 0 Å². The minimum absolute atomic E-state index is 0.0684. The van der Waals surface area contributed by atoms with Crippen LogP contribution >= 0.6 is 0 Å². The van der Waals surface area contributed by atoms with E-state index in [1.54, 1.807) is 19.4 Å². The molecule has 1 atom stereocenters.